The Kier molecular flexibility index (Phi) is 5.48. The highest BCUT2D eigenvalue weighted by Gasteiger charge is 2.10. The summed E-state index contributed by atoms with van der Waals surface area (Å²) in [6, 6.07) is 1.61. The van der Waals surface area contributed by atoms with Crippen molar-refractivity contribution < 1.29 is 14.1 Å². The average Bonchev–Trinajstić information content (AvgIpc) is 2.65. The SMILES string of the molecule is COCC(Br)CCNC(=O)c1cc(C)on1. The summed E-state index contributed by atoms with van der Waals surface area (Å²) in [5, 5.41) is 6.38. The smallest absolute Gasteiger partial charge is 0.273 e. The Morgan fingerprint density at radius 2 is 2.50 bits per heavy atom. The molecule has 1 rings (SSSR count). The van der Waals surface area contributed by atoms with Crippen molar-refractivity contribution in [2.45, 2.75) is 18.2 Å². The molecule has 0 spiro atoms. The van der Waals surface area contributed by atoms with Crippen LogP contribution in [0.1, 0.15) is 22.7 Å². The van der Waals surface area contributed by atoms with Gasteiger partial charge in [0, 0.05) is 24.5 Å². The van der Waals surface area contributed by atoms with Crippen LogP contribution in [0, 0.1) is 6.92 Å². The van der Waals surface area contributed by atoms with E-state index in [2.05, 4.69) is 26.4 Å². The van der Waals surface area contributed by atoms with Gasteiger partial charge in [0.15, 0.2) is 5.69 Å². The normalized spacial score (nSPS) is 12.4. The molecule has 0 aromatic carbocycles. The fourth-order valence-electron chi connectivity index (χ4n) is 1.17. The van der Waals surface area contributed by atoms with Crippen LogP contribution in [-0.2, 0) is 4.74 Å². The summed E-state index contributed by atoms with van der Waals surface area (Å²) in [5.41, 5.74) is 0.315. The molecule has 0 saturated heterocycles. The Balaban J connectivity index is 2.25. The van der Waals surface area contributed by atoms with E-state index >= 15 is 0 Å². The molecular weight excluding hydrogens is 276 g/mol. The largest absolute Gasteiger partial charge is 0.384 e. The molecule has 5 nitrogen and oxygen atoms in total. The monoisotopic (exact) mass is 290 g/mol. The van der Waals surface area contributed by atoms with Crippen LogP contribution in [0.4, 0.5) is 0 Å². The van der Waals surface area contributed by atoms with Crippen molar-refractivity contribution in [2.24, 2.45) is 0 Å². The number of nitrogens with one attached hydrogen (secondary N) is 1. The molecule has 1 atom stereocenters. The number of carbonyl (C=O) groups is 1. The van der Waals surface area contributed by atoms with E-state index in [4.69, 9.17) is 9.26 Å². The molecule has 0 bridgehead atoms. The maximum atomic E-state index is 11.5. The summed E-state index contributed by atoms with van der Waals surface area (Å²) in [6.45, 7) is 2.94. The highest BCUT2D eigenvalue weighted by Crippen LogP contribution is 2.05. The molecule has 0 aliphatic carbocycles. The van der Waals surface area contributed by atoms with Crippen molar-refractivity contribution in [2.75, 3.05) is 20.3 Å². The van der Waals surface area contributed by atoms with Crippen molar-refractivity contribution in [1.29, 1.82) is 0 Å². The van der Waals surface area contributed by atoms with Crippen LogP contribution in [0.3, 0.4) is 0 Å². The van der Waals surface area contributed by atoms with Crippen LogP contribution in [0.2, 0.25) is 0 Å². The van der Waals surface area contributed by atoms with Crippen LogP contribution < -0.4 is 5.32 Å². The third-order valence-corrected chi connectivity index (χ3v) is 2.67. The third-order valence-electron chi connectivity index (χ3n) is 1.95. The predicted molar refractivity (Wildman–Crippen MR) is 62.8 cm³/mol. The number of aryl methyl sites for hydroxylation is 1. The van der Waals surface area contributed by atoms with E-state index in [9.17, 15) is 4.79 Å². The van der Waals surface area contributed by atoms with Gasteiger partial charge in [-0.3, -0.25) is 4.79 Å². The predicted octanol–water partition coefficient (Wildman–Crippen LogP) is 1.51. The molecule has 0 fully saturated rings. The van der Waals surface area contributed by atoms with E-state index in [-0.39, 0.29) is 10.7 Å². The number of hydrogen-bond donors (Lipinski definition) is 1. The highest BCUT2D eigenvalue weighted by molar-refractivity contribution is 9.09. The first-order chi connectivity index (χ1) is 7.63. The molecule has 0 aliphatic heterocycles. The first-order valence-electron chi connectivity index (χ1n) is 4.98. The number of hydrogen-bond acceptors (Lipinski definition) is 4. The van der Waals surface area contributed by atoms with Crippen LogP contribution in [0.5, 0.6) is 0 Å². The second-order valence-corrected chi connectivity index (χ2v) is 4.71. The minimum absolute atomic E-state index is 0.214. The van der Waals surface area contributed by atoms with E-state index in [1.807, 2.05) is 0 Å². The molecule has 1 heterocycles. The number of rotatable bonds is 6. The molecule has 0 radical (unpaired) electrons. The van der Waals surface area contributed by atoms with Gasteiger partial charge in [0.25, 0.3) is 5.91 Å². The van der Waals surface area contributed by atoms with E-state index in [0.29, 0.717) is 24.6 Å². The summed E-state index contributed by atoms with van der Waals surface area (Å²) in [6.07, 6.45) is 0.802. The number of halogens is 1. The van der Waals surface area contributed by atoms with Crippen LogP contribution >= 0.6 is 15.9 Å². The molecule has 0 saturated carbocycles. The van der Waals surface area contributed by atoms with Crippen molar-refractivity contribution in [3.05, 3.63) is 17.5 Å². The fourth-order valence-corrected chi connectivity index (χ4v) is 1.66. The number of ether oxygens (including phenoxy) is 1. The lowest BCUT2D eigenvalue weighted by Crippen LogP contribution is -2.27. The lowest BCUT2D eigenvalue weighted by Gasteiger charge is -2.08. The number of nitrogens with zero attached hydrogens (tertiary/aromatic N) is 1. The van der Waals surface area contributed by atoms with Gasteiger partial charge < -0.3 is 14.6 Å². The second-order valence-electron chi connectivity index (χ2n) is 3.42. The van der Waals surface area contributed by atoms with Gasteiger partial charge in [-0.1, -0.05) is 21.1 Å². The maximum Gasteiger partial charge on any atom is 0.273 e. The standard InChI is InChI=1S/C10H15BrN2O3/c1-7-5-9(13-16-7)10(14)12-4-3-8(11)6-15-2/h5,8H,3-4,6H2,1-2H3,(H,12,14). The first kappa shape index (κ1) is 13.2. The van der Waals surface area contributed by atoms with Crippen LogP contribution in [0.25, 0.3) is 0 Å². The van der Waals surface area contributed by atoms with Crippen molar-refractivity contribution in [1.82, 2.24) is 10.5 Å². The van der Waals surface area contributed by atoms with E-state index in [1.165, 1.54) is 0 Å². The zero-order valence-corrected chi connectivity index (χ0v) is 10.9. The molecule has 6 heteroatoms. The van der Waals surface area contributed by atoms with E-state index in [1.54, 1.807) is 20.1 Å². The van der Waals surface area contributed by atoms with Crippen molar-refractivity contribution in [3.8, 4) is 0 Å². The van der Waals surface area contributed by atoms with Gasteiger partial charge in [-0.05, 0) is 13.3 Å². The number of amides is 1. The van der Waals surface area contributed by atoms with E-state index < -0.39 is 0 Å². The van der Waals surface area contributed by atoms with Gasteiger partial charge in [-0.15, -0.1) is 0 Å². The Morgan fingerprint density at radius 1 is 1.75 bits per heavy atom. The number of aromatic nitrogens is 1. The zero-order valence-electron chi connectivity index (χ0n) is 9.33. The topological polar surface area (TPSA) is 64.4 Å². The molecule has 1 aromatic heterocycles. The summed E-state index contributed by atoms with van der Waals surface area (Å²) < 4.78 is 9.77. The molecule has 1 aromatic rings. The Hall–Kier alpha value is -0.880. The van der Waals surface area contributed by atoms with Gasteiger partial charge in [0.2, 0.25) is 0 Å². The first-order valence-corrected chi connectivity index (χ1v) is 5.89. The zero-order chi connectivity index (χ0) is 12.0. The molecule has 1 unspecified atom stereocenters. The van der Waals surface area contributed by atoms with Gasteiger partial charge in [-0.2, -0.15) is 0 Å². The van der Waals surface area contributed by atoms with E-state index in [0.717, 1.165) is 6.42 Å². The maximum absolute atomic E-state index is 11.5. The minimum atomic E-state index is -0.214. The van der Waals surface area contributed by atoms with Gasteiger partial charge in [0.1, 0.15) is 5.76 Å². The number of methoxy groups -OCH3 is 1. The molecule has 16 heavy (non-hydrogen) atoms. The Bertz CT molecular complexity index is 341. The molecule has 1 N–H and O–H groups in total. The quantitative estimate of drug-likeness (QED) is 0.807. The van der Waals surface area contributed by atoms with Gasteiger partial charge >= 0.3 is 0 Å². The molecule has 90 valence electrons. The van der Waals surface area contributed by atoms with Crippen molar-refractivity contribution in [3.63, 3.8) is 0 Å². The van der Waals surface area contributed by atoms with Crippen LogP contribution in [-0.4, -0.2) is 36.2 Å². The molecule has 1 amide bonds. The lowest BCUT2D eigenvalue weighted by atomic mass is 10.3. The summed E-state index contributed by atoms with van der Waals surface area (Å²) in [5.74, 6) is 0.414. The minimum Gasteiger partial charge on any atom is -0.384 e. The molecular formula is C10H15BrN2O3. The Morgan fingerprint density at radius 3 is 3.06 bits per heavy atom. The van der Waals surface area contributed by atoms with Crippen LogP contribution in [0.15, 0.2) is 10.6 Å². The Labute approximate surface area is 103 Å². The summed E-state index contributed by atoms with van der Waals surface area (Å²) >= 11 is 3.44. The van der Waals surface area contributed by atoms with Gasteiger partial charge in [-0.25, -0.2) is 0 Å². The number of alkyl halides is 1. The highest BCUT2D eigenvalue weighted by atomic mass is 79.9. The average molecular weight is 291 g/mol. The fraction of sp³-hybridized carbons (Fsp3) is 0.600. The lowest BCUT2D eigenvalue weighted by molar-refractivity contribution is 0.0943. The molecule has 0 aliphatic rings. The second kappa shape index (κ2) is 6.65. The third kappa shape index (κ3) is 4.32. The summed E-state index contributed by atoms with van der Waals surface area (Å²) in [7, 11) is 1.64. The summed E-state index contributed by atoms with van der Waals surface area (Å²) in [4.78, 5) is 11.8. The number of carbonyl (C=O) groups excluding carboxylic acids is 1. The van der Waals surface area contributed by atoms with Crippen molar-refractivity contribution >= 4 is 21.8 Å². The van der Waals surface area contributed by atoms with Gasteiger partial charge in [0.05, 0.1) is 6.61 Å².